The lowest BCUT2D eigenvalue weighted by molar-refractivity contribution is -0.126. The summed E-state index contributed by atoms with van der Waals surface area (Å²) in [5.74, 6) is -0.299. The van der Waals surface area contributed by atoms with Crippen molar-refractivity contribution in [2.45, 2.75) is 25.7 Å². The van der Waals surface area contributed by atoms with Gasteiger partial charge in [0.05, 0.1) is 5.92 Å². The maximum atomic E-state index is 12.3. The molecule has 1 aromatic rings. The average molecular weight is 353 g/mol. The fraction of sp³-hybridized carbons (Fsp3) is 0.588. The summed E-state index contributed by atoms with van der Waals surface area (Å²) in [6.07, 6.45) is 3.26. The Labute approximate surface area is 145 Å². The van der Waals surface area contributed by atoms with Gasteiger partial charge in [0.25, 0.3) is 10.2 Å². The van der Waals surface area contributed by atoms with Gasteiger partial charge < -0.3 is 5.32 Å². The molecule has 1 N–H and O–H groups in total. The van der Waals surface area contributed by atoms with Crippen molar-refractivity contribution in [3.8, 4) is 0 Å². The molecule has 24 heavy (non-hydrogen) atoms. The minimum absolute atomic E-state index is 0.0401. The standard InChI is InChI=1S/C17H27N3O3S/c1-19(2)24(22,23)20-13-7-11-16(14-20)17(21)18-12-6-10-15-8-4-3-5-9-15/h3-5,8-9,16H,6-7,10-14H2,1-2H3,(H,18,21)/t16-/m0/s1. The lowest BCUT2D eigenvalue weighted by atomic mass is 9.99. The number of benzene rings is 1. The van der Waals surface area contributed by atoms with E-state index in [1.807, 2.05) is 18.2 Å². The molecule has 1 amide bonds. The first kappa shape index (κ1) is 18.9. The van der Waals surface area contributed by atoms with Gasteiger partial charge in [-0.2, -0.15) is 17.0 Å². The predicted molar refractivity (Wildman–Crippen MR) is 94.7 cm³/mol. The second-order valence-corrected chi connectivity index (χ2v) is 8.51. The molecule has 1 saturated heterocycles. The van der Waals surface area contributed by atoms with Crippen molar-refractivity contribution in [1.82, 2.24) is 13.9 Å². The molecule has 1 aliphatic heterocycles. The number of hydrogen-bond donors (Lipinski definition) is 1. The SMILES string of the molecule is CN(C)S(=O)(=O)N1CCC[C@H](C(=O)NCCCc2ccccc2)C1. The molecule has 0 aliphatic carbocycles. The summed E-state index contributed by atoms with van der Waals surface area (Å²) in [5.41, 5.74) is 1.26. The van der Waals surface area contributed by atoms with E-state index < -0.39 is 10.2 Å². The van der Waals surface area contributed by atoms with E-state index in [4.69, 9.17) is 0 Å². The van der Waals surface area contributed by atoms with Crippen LogP contribution in [0.2, 0.25) is 0 Å². The van der Waals surface area contributed by atoms with Gasteiger partial charge in [0, 0.05) is 33.7 Å². The van der Waals surface area contributed by atoms with Crippen LogP contribution >= 0.6 is 0 Å². The van der Waals surface area contributed by atoms with Crippen LogP contribution in [0.5, 0.6) is 0 Å². The second kappa shape index (κ2) is 8.60. The third-order valence-electron chi connectivity index (χ3n) is 4.33. The van der Waals surface area contributed by atoms with E-state index in [1.165, 1.54) is 28.3 Å². The van der Waals surface area contributed by atoms with Gasteiger partial charge >= 0.3 is 0 Å². The minimum Gasteiger partial charge on any atom is -0.356 e. The lowest BCUT2D eigenvalue weighted by Gasteiger charge is -2.32. The Morgan fingerprint density at radius 2 is 2.00 bits per heavy atom. The third-order valence-corrected chi connectivity index (χ3v) is 6.23. The van der Waals surface area contributed by atoms with Crippen LogP contribution < -0.4 is 5.32 Å². The number of carbonyl (C=O) groups is 1. The highest BCUT2D eigenvalue weighted by Gasteiger charge is 2.33. The molecule has 0 radical (unpaired) electrons. The molecule has 0 saturated carbocycles. The van der Waals surface area contributed by atoms with Gasteiger partial charge in [-0.1, -0.05) is 30.3 Å². The van der Waals surface area contributed by atoms with Gasteiger partial charge in [-0.25, -0.2) is 0 Å². The van der Waals surface area contributed by atoms with Crippen LogP contribution in [0.4, 0.5) is 0 Å². The van der Waals surface area contributed by atoms with Crippen molar-refractivity contribution in [1.29, 1.82) is 0 Å². The number of nitrogens with zero attached hydrogens (tertiary/aromatic N) is 2. The fourth-order valence-electron chi connectivity index (χ4n) is 2.89. The number of piperidine rings is 1. The molecule has 0 unspecified atom stereocenters. The molecule has 134 valence electrons. The van der Waals surface area contributed by atoms with Crippen molar-refractivity contribution in [2.24, 2.45) is 5.92 Å². The smallest absolute Gasteiger partial charge is 0.281 e. The average Bonchev–Trinajstić information content (AvgIpc) is 2.59. The van der Waals surface area contributed by atoms with Crippen molar-refractivity contribution in [3.05, 3.63) is 35.9 Å². The quantitative estimate of drug-likeness (QED) is 0.750. The van der Waals surface area contributed by atoms with Gasteiger partial charge in [0.15, 0.2) is 0 Å². The van der Waals surface area contributed by atoms with Gasteiger partial charge in [-0.05, 0) is 31.2 Å². The Hall–Kier alpha value is -1.44. The molecule has 0 spiro atoms. The minimum atomic E-state index is -3.44. The molecule has 1 aromatic carbocycles. The normalized spacial score (nSPS) is 19.4. The Morgan fingerprint density at radius 1 is 1.29 bits per heavy atom. The summed E-state index contributed by atoms with van der Waals surface area (Å²) in [7, 11) is -0.408. The third kappa shape index (κ3) is 5.03. The zero-order chi connectivity index (χ0) is 17.6. The van der Waals surface area contributed by atoms with E-state index >= 15 is 0 Å². The zero-order valence-electron chi connectivity index (χ0n) is 14.4. The molecule has 1 aliphatic rings. The van der Waals surface area contributed by atoms with Crippen LogP contribution in [0.1, 0.15) is 24.8 Å². The number of amides is 1. The number of aryl methyl sites for hydroxylation is 1. The maximum absolute atomic E-state index is 12.3. The molecule has 6 nitrogen and oxygen atoms in total. The van der Waals surface area contributed by atoms with Gasteiger partial charge in [0.2, 0.25) is 5.91 Å². The fourth-order valence-corrected chi connectivity index (χ4v) is 4.08. The topological polar surface area (TPSA) is 69.7 Å². The van der Waals surface area contributed by atoms with Gasteiger partial charge in [0.1, 0.15) is 0 Å². The molecule has 1 heterocycles. The Kier molecular flexibility index (Phi) is 6.77. The predicted octanol–water partition coefficient (Wildman–Crippen LogP) is 1.25. The van der Waals surface area contributed by atoms with E-state index in [1.54, 1.807) is 0 Å². The first-order valence-electron chi connectivity index (χ1n) is 8.40. The lowest BCUT2D eigenvalue weighted by Crippen LogP contribution is -2.48. The number of hydrogen-bond acceptors (Lipinski definition) is 3. The van der Waals surface area contributed by atoms with Gasteiger partial charge in [-0.3, -0.25) is 4.79 Å². The first-order valence-corrected chi connectivity index (χ1v) is 9.80. The highest BCUT2D eigenvalue weighted by Crippen LogP contribution is 2.20. The summed E-state index contributed by atoms with van der Waals surface area (Å²) in [6.45, 7) is 1.37. The second-order valence-electron chi connectivity index (χ2n) is 6.37. The maximum Gasteiger partial charge on any atom is 0.281 e. The van der Waals surface area contributed by atoms with Crippen LogP contribution in [0, 0.1) is 5.92 Å². The Bertz CT molecular complexity index is 632. The summed E-state index contributed by atoms with van der Waals surface area (Å²) < 4.78 is 27.0. The van der Waals surface area contributed by atoms with Crippen molar-refractivity contribution in [2.75, 3.05) is 33.7 Å². The Morgan fingerprint density at radius 3 is 2.67 bits per heavy atom. The summed E-state index contributed by atoms with van der Waals surface area (Å²) in [6, 6.07) is 10.2. The first-order chi connectivity index (χ1) is 11.4. The van der Waals surface area contributed by atoms with Crippen molar-refractivity contribution < 1.29 is 13.2 Å². The van der Waals surface area contributed by atoms with E-state index in [-0.39, 0.29) is 18.4 Å². The number of carbonyl (C=O) groups excluding carboxylic acids is 1. The van der Waals surface area contributed by atoms with Crippen LogP contribution in [0.3, 0.4) is 0 Å². The highest BCUT2D eigenvalue weighted by atomic mass is 32.2. The summed E-state index contributed by atoms with van der Waals surface area (Å²) >= 11 is 0. The molecule has 7 heteroatoms. The monoisotopic (exact) mass is 353 g/mol. The van der Waals surface area contributed by atoms with E-state index in [9.17, 15) is 13.2 Å². The molecular weight excluding hydrogens is 326 g/mol. The van der Waals surface area contributed by atoms with Crippen LogP contribution in [0.25, 0.3) is 0 Å². The van der Waals surface area contributed by atoms with E-state index in [0.717, 1.165) is 25.7 Å². The largest absolute Gasteiger partial charge is 0.356 e. The Balaban J connectivity index is 1.78. The highest BCUT2D eigenvalue weighted by molar-refractivity contribution is 7.86. The van der Waals surface area contributed by atoms with E-state index in [0.29, 0.717) is 13.1 Å². The molecule has 0 aromatic heterocycles. The molecule has 1 fully saturated rings. The zero-order valence-corrected chi connectivity index (χ0v) is 15.3. The van der Waals surface area contributed by atoms with Gasteiger partial charge in [-0.15, -0.1) is 0 Å². The van der Waals surface area contributed by atoms with Crippen LogP contribution in [0.15, 0.2) is 30.3 Å². The summed E-state index contributed by atoms with van der Waals surface area (Å²) in [4.78, 5) is 12.3. The number of nitrogens with one attached hydrogen (secondary N) is 1. The molecular formula is C17H27N3O3S. The number of rotatable bonds is 7. The molecule has 2 rings (SSSR count). The molecule has 0 bridgehead atoms. The molecule has 1 atom stereocenters. The van der Waals surface area contributed by atoms with E-state index in [2.05, 4.69) is 17.4 Å². The van der Waals surface area contributed by atoms with Crippen molar-refractivity contribution >= 4 is 16.1 Å². The van der Waals surface area contributed by atoms with Crippen LogP contribution in [-0.2, 0) is 21.4 Å². The van der Waals surface area contributed by atoms with Crippen molar-refractivity contribution in [3.63, 3.8) is 0 Å². The summed E-state index contributed by atoms with van der Waals surface area (Å²) in [5, 5.41) is 2.95. The van der Waals surface area contributed by atoms with Crippen LogP contribution in [-0.4, -0.2) is 56.7 Å².